The van der Waals surface area contributed by atoms with E-state index in [1.165, 1.54) is 12.0 Å². The van der Waals surface area contributed by atoms with Crippen LogP contribution in [-0.4, -0.2) is 90.2 Å². The predicted molar refractivity (Wildman–Crippen MR) is 147 cm³/mol. The van der Waals surface area contributed by atoms with E-state index >= 15 is 0 Å². The first kappa shape index (κ1) is 30.7. The average Bonchev–Trinajstić information content (AvgIpc) is 3.55. The van der Waals surface area contributed by atoms with Crippen LogP contribution in [0.5, 0.6) is 0 Å². The number of rotatable bonds is 1. The number of alkyl carbamates (subject to hydrolysis) is 1. The molecule has 0 saturated carbocycles. The molecule has 5 unspecified atom stereocenters. The van der Waals surface area contributed by atoms with Crippen LogP contribution in [0, 0.1) is 5.41 Å². The van der Waals surface area contributed by atoms with E-state index in [1.807, 2.05) is 32.9 Å². The third-order valence-corrected chi connectivity index (χ3v) is 7.86. The maximum atomic E-state index is 13.8. The highest BCUT2D eigenvalue weighted by atomic mass is 16.6. The molecule has 3 N–H and O–H groups in total. The Morgan fingerprint density at radius 2 is 1.85 bits per heavy atom. The summed E-state index contributed by atoms with van der Waals surface area (Å²) in [5, 5.41) is 16.7. The lowest BCUT2D eigenvalue weighted by atomic mass is 9.85. The van der Waals surface area contributed by atoms with Crippen molar-refractivity contribution in [1.29, 1.82) is 0 Å². The number of hydrogen-bond acceptors (Lipinski definition) is 9. The number of ether oxygens (including phenoxy) is 3. The van der Waals surface area contributed by atoms with E-state index in [2.05, 4.69) is 10.6 Å². The first-order valence-corrected chi connectivity index (χ1v) is 14.3. The number of carbonyl (C=O) groups is 4. The van der Waals surface area contributed by atoms with E-state index in [9.17, 15) is 24.3 Å². The molecule has 0 radical (unpaired) electrons. The van der Waals surface area contributed by atoms with Crippen molar-refractivity contribution in [2.45, 2.75) is 90.6 Å². The maximum absolute atomic E-state index is 13.8. The van der Waals surface area contributed by atoms with Crippen molar-refractivity contribution in [1.82, 2.24) is 20.4 Å². The van der Waals surface area contributed by atoms with E-state index in [0.29, 0.717) is 31.6 Å². The van der Waals surface area contributed by atoms with Gasteiger partial charge in [0.2, 0.25) is 12.3 Å². The van der Waals surface area contributed by atoms with Gasteiger partial charge in [0.15, 0.2) is 0 Å². The van der Waals surface area contributed by atoms with Crippen LogP contribution in [0.1, 0.15) is 74.4 Å². The summed E-state index contributed by atoms with van der Waals surface area (Å²) in [5.41, 5.74) is 1.65. The van der Waals surface area contributed by atoms with Gasteiger partial charge in [-0.1, -0.05) is 39.3 Å². The summed E-state index contributed by atoms with van der Waals surface area (Å²) in [6, 6.07) is 3.61. The third-order valence-electron chi connectivity index (χ3n) is 7.86. The van der Waals surface area contributed by atoms with Crippen molar-refractivity contribution in [3.8, 4) is 0 Å². The van der Waals surface area contributed by atoms with Gasteiger partial charge in [-0.2, -0.15) is 0 Å². The summed E-state index contributed by atoms with van der Waals surface area (Å²) in [4.78, 5) is 55.1. The molecule has 4 rings (SSSR count). The highest BCUT2D eigenvalue weighted by Crippen LogP contribution is 2.31. The van der Waals surface area contributed by atoms with Crippen molar-refractivity contribution >= 4 is 23.9 Å². The highest BCUT2D eigenvalue weighted by Gasteiger charge is 2.47. The number of aliphatic hydroxyl groups excluding tert-OH is 1. The average molecular weight is 575 g/mol. The number of carbonyl (C=O) groups excluding carboxylic acids is 4. The van der Waals surface area contributed by atoms with Gasteiger partial charge in [-0.25, -0.2) is 14.5 Å². The lowest BCUT2D eigenvalue weighted by Gasteiger charge is -2.34. The van der Waals surface area contributed by atoms with Crippen LogP contribution in [-0.2, 0) is 36.9 Å². The Balaban J connectivity index is 1.57. The molecule has 4 bridgehead atoms. The number of nitrogens with zero attached hydrogens (tertiary/aromatic N) is 2. The quantitative estimate of drug-likeness (QED) is 0.428. The van der Waals surface area contributed by atoms with Gasteiger partial charge in [-0.15, -0.1) is 0 Å². The van der Waals surface area contributed by atoms with E-state index in [0.717, 1.165) is 30.4 Å². The number of cyclic esters (lactones) is 1. The van der Waals surface area contributed by atoms with Crippen LogP contribution < -0.4 is 10.6 Å². The monoisotopic (exact) mass is 574 g/mol. The molecule has 1 aromatic rings. The van der Waals surface area contributed by atoms with E-state index < -0.39 is 48.0 Å². The van der Waals surface area contributed by atoms with Crippen LogP contribution in [0.2, 0.25) is 0 Å². The summed E-state index contributed by atoms with van der Waals surface area (Å²) in [6.07, 6.45) is 0.496. The number of benzene rings is 1. The zero-order valence-electron chi connectivity index (χ0n) is 24.3. The van der Waals surface area contributed by atoms with Gasteiger partial charge in [-0.05, 0) is 41.9 Å². The highest BCUT2D eigenvalue weighted by molar-refractivity contribution is 5.96. The number of amides is 3. The minimum absolute atomic E-state index is 0.0212. The minimum Gasteiger partial charge on any atom is -0.467 e. The zero-order chi connectivity index (χ0) is 29.7. The van der Waals surface area contributed by atoms with E-state index in [-0.39, 0.29) is 25.5 Å². The Morgan fingerprint density at radius 3 is 2.59 bits per heavy atom. The summed E-state index contributed by atoms with van der Waals surface area (Å²) < 4.78 is 16.3. The number of esters is 1. The largest absolute Gasteiger partial charge is 0.467 e. The predicted octanol–water partition coefficient (Wildman–Crippen LogP) is 1.88. The normalized spacial score (nSPS) is 28.6. The fourth-order valence-corrected chi connectivity index (χ4v) is 5.59. The van der Waals surface area contributed by atoms with Gasteiger partial charge < -0.3 is 34.9 Å². The lowest BCUT2D eigenvalue weighted by molar-refractivity contribution is -0.218. The SMILES string of the molecule is COC(=O)C1CC2CN1C(=O)C(C(C)(C)C)NC(=O)OCCCCCCNC(=O)c1cccc3c1CN(C3)C(O)O2. The smallest absolute Gasteiger partial charge is 0.407 e. The van der Waals surface area contributed by atoms with Gasteiger partial charge in [0.25, 0.3) is 5.91 Å². The van der Waals surface area contributed by atoms with Crippen LogP contribution in [0.15, 0.2) is 18.2 Å². The Morgan fingerprint density at radius 1 is 1.10 bits per heavy atom. The fraction of sp³-hybridized carbons (Fsp3) is 0.655. The second-order valence-corrected chi connectivity index (χ2v) is 11.9. The first-order valence-electron chi connectivity index (χ1n) is 14.3. The molecule has 1 aromatic carbocycles. The molecule has 5 atom stereocenters. The van der Waals surface area contributed by atoms with Crippen LogP contribution in [0.25, 0.3) is 0 Å². The Bertz CT molecular complexity index is 1140. The van der Waals surface area contributed by atoms with Crippen molar-refractivity contribution in [3.05, 3.63) is 34.9 Å². The second kappa shape index (κ2) is 13.2. The number of aliphatic hydroxyl groups is 1. The van der Waals surface area contributed by atoms with Crippen molar-refractivity contribution in [3.63, 3.8) is 0 Å². The standard InChI is InChI=1S/C29H42N4O8/c1-29(2,3)23-25(35)33-16-19(14-22(33)26(36)39-4)41-28(38)32-15-18-10-9-11-20(21(18)17-32)24(34)30-12-7-5-6-8-13-40-27(37)31-23/h9-11,19,22-23,28,38H,5-8,12-17H2,1-4H3,(H,30,34)(H,31,37). The van der Waals surface area contributed by atoms with Crippen LogP contribution >= 0.6 is 0 Å². The first-order chi connectivity index (χ1) is 19.5. The molecule has 1 fully saturated rings. The summed E-state index contributed by atoms with van der Waals surface area (Å²) in [6.45, 7) is 6.89. The Labute approximate surface area is 240 Å². The van der Waals surface area contributed by atoms with Crippen molar-refractivity contribution < 1.29 is 38.5 Å². The number of hydrogen-bond donors (Lipinski definition) is 3. The molecule has 0 spiro atoms. The van der Waals surface area contributed by atoms with Crippen LogP contribution in [0.4, 0.5) is 4.79 Å². The molecule has 0 aliphatic carbocycles. The summed E-state index contributed by atoms with van der Waals surface area (Å²) in [5.74, 6) is -1.23. The molecule has 3 aliphatic heterocycles. The molecule has 226 valence electrons. The molecule has 41 heavy (non-hydrogen) atoms. The second-order valence-electron chi connectivity index (χ2n) is 11.9. The van der Waals surface area contributed by atoms with Crippen molar-refractivity contribution in [2.24, 2.45) is 5.41 Å². The number of fused-ring (bicyclic) bond motifs is 3. The lowest BCUT2D eigenvalue weighted by Crippen LogP contribution is -2.57. The molecule has 3 heterocycles. The van der Waals surface area contributed by atoms with Gasteiger partial charge >= 0.3 is 12.1 Å². The molecule has 12 heteroatoms. The molecular weight excluding hydrogens is 532 g/mol. The van der Waals surface area contributed by atoms with Gasteiger partial charge in [0, 0.05) is 38.2 Å². The number of nitrogens with one attached hydrogen (secondary N) is 2. The Kier molecular flexibility index (Phi) is 9.88. The summed E-state index contributed by atoms with van der Waals surface area (Å²) in [7, 11) is 1.25. The summed E-state index contributed by atoms with van der Waals surface area (Å²) >= 11 is 0. The zero-order valence-corrected chi connectivity index (χ0v) is 24.3. The topological polar surface area (TPSA) is 147 Å². The van der Waals surface area contributed by atoms with Gasteiger partial charge in [0.05, 0.1) is 19.8 Å². The van der Waals surface area contributed by atoms with Gasteiger partial charge in [-0.3, -0.25) is 9.59 Å². The number of methoxy groups -OCH3 is 1. The van der Waals surface area contributed by atoms with E-state index in [1.54, 1.807) is 11.0 Å². The van der Waals surface area contributed by atoms with E-state index in [4.69, 9.17) is 14.2 Å². The third kappa shape index (κ3) is 7.35. The maximum Gasteiger partial charge on any atom is 0.407 e. The van der Waals surface area contributed by atoms with Crippen molar-refractivity contribution in [2.75, 3.05) is 26.8 Å². The van der Waals surface area contributed by atoms with Gasteiger partial charge in [0.1, 0.15) is 12.1 Å². The molecular formula is C29H42N4O8. The van der Waals surface area contributed by atoms with Crippen LogP contribution in [0.3, 0.4) is 0 Å². The fourth-order valence-electron chi connectivity index (χ4n) is 5.59. The molecule has 0 aromatic heterocycles. The Hall–Kier alpha value is -3.22. The minimum atomic E-state index is -1.33. The molecule has 1 saturated heterocycles. The molecule has 3 aliphatic rings. The molecule has 12 nitrogen and oxygen atoms in total. The molecule has 3 amide bonds.